The topological polar surface area (TPSA) is 74.3 Å². The molecule has 0 aliphatic carbocycles. The van der Waals surface area contributed by atoms with Crippen molar-refractivity contribution < 1.29 is 32.9 Å². The van der Waals surface area contributed by atoms with E-state index in [0.717, 1.165) is 0 Å². The summed E-state index contributed by atoms with van der Waals surface area (Å²) in [5.41, 5.74) is 1.09. The fraction of sp³-hybridized carbons (Fsp3) is 0.391. The smallest absolute Gasteiger partial charge is 0.337 e. The summed E-state index contributed by atoms with van der Waals surface area (Å²) in [7, 11) is 1.33. The lowest BCUT2D eigenvalue weighted by Gasteiger charge is -2.20. The Balaban J connectivity index is 1.28. The summed E-state index contributed by atoms with van der Waals surface area (Å²) in [5.74, 6) is -0.236. The van der Waals surface area contributed by atoms with E-state index in [4.69, 9.17) is 14.2 Å². The second-order valence-electron chi connectivity index (χ2n) is 7.60. The molecule has 7 nitrogen and oxygen atoms in total. The molecule has 0 bridgehead atoms. The van der Waals surface area contributed by atoms with Crippen molar-refractivity contribution in [2.45, 2.75) is 24.7 Å². The van der Waals surface area contributed by atoms with Crippen molar-refractivity contribution in [3.8, 4) is 5.75 Å². The van der Waals surface area contributed by atoms with Gasteiger partial charge in [-0.05, 0) is 42.0 Å². The molecule has 2 aromatic carbocycles. The zero-order chi connectivity index (χ0) is 21.8. The van der Waals surface area contributed by atoms with E-state index in [9.17, 15) is 14.0 Å². The number of hydrogen-bond acceptors (Lipinski definition) is 6. The van der Waals surface area contributed by atoms with Crippen molar-refractivity contribution in [1.82, 2.24) is 4.90 Å². The second kappa shape index (κ2) is 9.45. The van der Waals surface area contributed by atoms with Gasteiger partial charge in [0, 0.05) is 13.1 Å². The van der Waals surface area contributed by atoms with Gasteiger partial charge in [-0.2, -0.15) is 0 Å². The van der Waals surface area contributed by atoms with Gasteiger partial charge in [0.1, 0.15) is 29.9 Å². The fourth-order valence-corrected chi connectivity index (χ4v) is 3.76. The number of methoxy groups -OCH3 is 1. The van der Waals surface area contributed by atoms with Gasteiger partial charge < -0.3 is 23.8 Å². The minimum Gasteiger partial charge on any atom is -0.486 e. The van der Waals surface area contributed by atoms with E-state index in [0.29, 0.717) is 43.2 Å². The van der Waals surface area contributed by atoms with Gasteiger partial charge in [-0.25, -0.2) is 9.18 Å². The molecule has 0 unspecified atom stereocenters. The largest absolute Gasteiger partial charge is 0.486 e. The molecule has 0 spiro atoms. The zero-order valence-electron chi connectivity index (χ0n) is 17.2. The number of halogens is 1. The maximum Gasteiger partial charge on any atom is 0.337 e. The van der Waals surface area contributed by atoms with Crippen LogP contribution in [-0.4, -0.2) is 68.5 Å². The molecule has 0 saturated carbocycles. The van der Waals surface area contributed by atoms with E-state index < -0.39 is 5.97 Å². The first-order valence-electron chi connectivity index (χ1n) is 10.1. The Hall–Kier alpha value is -2.97. The Morgan fingerprint density at radius 1 is 1.06 bits per heavy atom. The maximum absolute atomic E-state index is 13.3. The van der Waals surface area contributed by atoms with Gasteiger partial charge in [-0.15, -0.1) is 0 Å². The van der Waals surface area contributed by atoms with Crippen LogP contribution < -0.4 is 4.74 Å². The minimum absolute atomic E-state index is 0.0793. The number of rotatable bonds is 5. The van der Waals surface area contributed by atoms with Crippen molar-refractivity contribution >= 4 is 11.9 Å². The number of hydrogen-bond donors (Lipinski definition) is 0. The summed E-state index contributed by atoms with van der Waals surface area (Å²) in [6.45, 7) is 1.51. The van der Waals surface area contributed by atoms with Gasteiger partial charge in [0.2, 0.25) is 5.91 Å². The predicted molar refractivity (Wildman–Crippen MR) is 108 cm³/mol. The number of carbonyl (C=O) groups is 2. The first-order chi connectivity index (χ1) is 15.0. The highest BCUT2D eigenvalue weighted by molar-refractivity contribution is 5.89. The van der Waals surface area contributed by atoms with Crippen molar-refractivity contribution in [1.29, 1.82) is 0 Å². The molecule has 1 amide bonds. The Kier molecular flexibility index (Phi) is 6.48. The minimum atomic E-state index is -0.406. The summed E-state index contributed by atoms with van der Waals surface area (Å²) in [5, 5.41) is 0. The van der Waals surface area contributed by atoms with Crippen LogP contribution in [0, 0.1) is 5.82 Å². The van der Waals surface area contributed by atoms with Crippen LogP contribution in [-0.2, 0) is 25.4 Å². The lowest BCUT2D eigenvalue weighted by Crippen LogP contribution is -2.33. The molecule has 2 aromatic rings. The Morgan fingerprint density at radius 3 is 2.35 bits per heavy atom. The van der Waals surface area contributed by atoms with Crippen molar-refractivity contribution in [2.24, 2.45) is 0 Å². The Morgan fingerprint density at radius 2 is 1.74 bits per heavy atom. The van der Waals surface area contributed by atoms with E-state index in [1.54, 1.807) is 41.3 Å². The summed E-state index contributed by atoms with van der Waals surface area (Å²) in [6, 6.07) is 12.7. The average molecular weight is 429 g/mol. The number of carbonyl (C=O) groups excluding carboxylic acids is 2. The number of nitrogens with zero attached hydrogens (tertiary/aromatic N) is 1. The highest BCUT2D eigenvalue weighted by Crippen LogP contribution is 2.23. The molecule has 0 aromatic heterocycles. The third kappa shape index (κ3) is 5.21. The summed E-state index contributed by atoms with van der Waals surface area (Å²) in [4.78, 5) is 25.8. The normalized spacial score (nSPS) is 21.3. The van der Waals surface area contributed by atoms with E-state index in [1.807, 2.05) is 0 Å². The molecular weight excluding hydrogens is 405 g/mol. The van der Waals surface area contributed by atoms with Crippen molar-refractivity contribution in [3.63, 3.8) is 0 Å². The van der Waals surface area contributed by atoms with Gasteiger partial charge in [0.15, 0.2) is 0 Å². The molecule has 4 rings (SSSR count). The molecule has 31 heavy (non-hydrogen) atoms. The van der Waals surface area contributed by atoms with Crippen LogP contribution in [0.25, 0.3) is 0 Å². The SMILES string of the molecule is COC(=O)c1ccc(OC2CO[C@H]3CN(C(=O)Cc4cccc(F)c4)C[C@@H]3OC2)cc1. The Labute approximate surface area is 179 Å². The Bertz CT molecular complexity index is 918. The summed E-state index contributed by atoms with van der Waals surface area (Å²) < 4.78 is 35.9. The molecule has 2 fully saturated rings. The van der Waals surface area contributed by atoms with E-state index in [-0.39, 0.29) is 36.5 Å². The molecular formula is C23H24FNO6. The van der Waals surface area contributed by atoms with Crippen LogP contribution in [0.1, 0.15) is 15.9 Å². The van der Waals surface area contributed by atoms with Crippen molar-refractivity contribution in [2.75, 3.05) is 33.4 Å². The number of fused-ring (bicyclic) bond motifs is 1. The molecule has 0 radical (unpaired) electrons. The standard InChI is InChI=1S/C23H24FNO6/c1-28-23(27)16-5-7-18(8-6-16)31-19-13-29-20-11-25(12-21(20)30-14-19)22(26)10-15-3-2-4-17(24)9-15/h2-9,19-21H,10-14H2,1H3/t20-,21-/m0/s1. The first kappa shape index (κ1) is 21.3. The molecule has 2 aliphatic heterocycles. The van der Waals surface area contributed by atoms with Crippen LogP contribution in [0.3, 0.4) is 0 Å². The molecule has 2 atom stereocenters. The van der Waals surface area contributed by atoms with Crippen LogP contribution >= 0.6 is 0 Å². The van der Waals surface area contributed by atoms with Gasteiger partial charge in [0.05, 0.1) is 32.3 Å². The monoisotopic (exact) mass is 429 g/mol. The van der Waals surface area contributed by atoms with E-state index >= 15 is 0 Å². The maximum atomic E-state index is 13.3. The predicted octanol–water partition coefficient (Wildman–Crippen LogP) is 2.23. The van der Waals surface area contributed by atoms with Crippen molar-refractivity contribution in [3.05, 3.63) is 65.5 Å². The molecule has 8 heteroatoms. The number of likely N-dealkylation sites (tertiary alicyclic amines) is 1. The molecule has 2 heterocycles. The average Bonchev–Trinajstić information content (AvgIpc) is 3.10. The van der Waals surface area contributed by atoms with Crippen LogP contribution in [0.4, 0.5) is 4.39 Å². The molecule has 164 valence electrons. The second-order valence-corrected chi connectivity index (χ2v) is 7.60. The molecule has 0 N–H and O–H groups in total. The van der Waals surface area contributed by atoms with E-state index in [2.05, 4.69) is 4.74 Å². The first-order valence-corrected chi connectivity index (χ1v) is 10.1. The quantitative estimate of drug-likeness (QED) is 0.679. The van der Waals surface area contributed by atoms with Crippen LogP contribution in [0.5, 0.6) is 5.75 Å². The highest BCUT2D eigenvalue weighted by atomic mass is 19.1. The highest BCUT2D eigenvalue weighted by Gasteiger charge is 2.39. The van der Waals surface area contributed by atoms with Gasteiger partial charge in [0.25, 0.3) is 0 Å². The fourth-order valence-electron chi connectivity index (χ4n) is 3.76. The lowest BCUT2D eigenvalue weighted by molar-refractivity contribution is -0.130. The zero-order valence-corrected chi connectivity index (χ0v) is 17.2. The van der Waals surface area contributed by atoms with Gasteiger partial charge in [-0.1, -0.05) is 12.1 Å². The van der Waals surface area contributed by atoms with Gasteiger partial charge >= 0.3 is 5.97 Å². The number of amides is 1. The summed E-state index contributed by atoms with van der Waals surface area (Å²) >= 11 is 0. The number of esters is 1. The van der Waals surface area contributed by atoms with E-state index in [1.165, 1.54) is 19.2 Å². The third-order valence-electron chi connectivity index (χ3n) is 5.38. The number of ether oxygens (including phenoxy) is 4. The number of benzene rings is 2. The lowest BCUT2D eigenvalue weighted by atomic mass is 10.1. The van der Waals surface area contributed by atoms with Gasteiger partial charge in [-0.3, -0.25) is 4.79 Å². The summed E-state index contributed by atoms with van der Waals surface area (Å²) in [6.07, 6.45) is -0.616. The van der Waals surface area contributed by atoms with Crippen LogP contribution in [0.2, 0.25) is 0 Å². The molecule has 2 saturated heterocycles. The third-order valence-corrected chi connectivity index (χ3v) is 5.38. The molecule has 2 aliphatic rings. The van der Waals surface area contributed by atoms with Crippen LogP contribution in [0.15, 0.2) is 48.5 Å².